The number of halogens is 4. The molecule has 198 valence electrons. The Morgan fingerprint density at radius 2 is 1.43 bits per heavy atom. The summed E-state index contributed by atoms with van der Waals surface area (Å²) in [6.45, 7) is 9.55. The number of benzene rings is 3. The summed E-state index contributed by atoms with van der Waals surface area (Å²) >= 11 is 6.22. The molecule has 3 aromatic carbocycles. The van der Waals surface area contributed by atoms with Gasteiger partial charge in [0.15, 0.2) is 0 Å². The van der Waals surface area contributed by atoms with Crippen LogP contribution in [0.1, 0.15) is 29.9 Å². The van der Waals surface area contributed by atoms with E-state index in [4.69, 9.17) is 16.6 Å². The molecule has 8 heteroatoms. The third-order valence-electron chi connectivity index (χ3n) is 7.25. The van der Waals surface area contributed by atoms with E-state index in [9.17, 15) is 0 Å². The van der Waals surface area contributed by atoms with Crippen LogP contribution < -0.4 is 4.48 Å². The van der Waals surface area contributed by atoms with Crippen molar-refractivity contribution >= 4 is 54.5 Å². The molecule has 1 saturated heterocycles. The molecule has 1 fully saturated rings. The van der Waals surface area contributed by atoms with Gasteiger partial charge >= 0.3 is 0 Å². The summed E-state index contributed by atoms with van der Waals surface area (Å²) < 4.78 is 0.944. The average Bonchev–Trinajstić information content (AvgIpc) is 3.27. The van der Waals surface area contributed by atoms with Gasteiger partial charge in [0.2, 0.25) is 0 Å². The van der Waals surface area contributed by atoms with Gasteiger partial charge in [-0.2, -0.15) is 0 Å². The Bertz CT molecular complexity index is 1220. The highest BCUT2D eigenvalue weighted by Crippen LogP contribution is 2.33. The summed E-state index contributed by atoms with van der Waals surface area (Å²) in [5.41, 5.74) is 6.13. The minimum absolute atomic E-state index is 0. The summed E-state index contributed by atoms with van der Waals surface area (Å²) in [5.74, 6) is 0.951. The normalized spacial score (nSPS) is 15.5. The molecule has 4 nitrogen and oxygen atoms in total. The number of quaternary nitrogens is 1. The average molecular weight is 581 g/mol. The molecule has 5 rings (SSSR count). The van der Waals surface area contributed by atoms with Gasteiger partial charge in [-0.1, -0.05) is 72.3 Å². The predicted octanol–water partition coefficient (Wildman–Crippen LogP) is 7.89. The second-order valence-electron chi connectivity index (χ2n) is 9.39. The lowest BCUT2D eigenvalue weighted by Gasteiger charge is -2.46. The van der Waals surface area contributed by atoms with Gasteiger partial charge in [0.1, 0.15) is 18.1 Å². The number of hydrogen-bond acceptors (Lipinski definition) is 2. The van der Waals surface area contributed by atoms with Crippen LogP contribution in [-0.4, -0.2) is 41.0 Å². The number of aromatic nitrogens is 2. The van der Waals surface area contributed by atoms with Crippen molar-refractivity contribution in [3.63, 3.8) is 0 Å². The van der Waals surface area contributed by atoms with Crippen LogP contribution in [0.5, 0.6) is 0 Å². The first-order chi connectivity index (χ1) is 16.5. The van der Waals surface area contributed by atoms with E-state index in [-0.39, 0.29) is 43.3 Å². The molecule has 0 spiro atoms. The van der Waals surface area contributed by atoms with E-state index in [0.29, 0.717) is 0 Å². The van der Waals surface area contributed by atoms with E-state index in [0.717, 1.165) is 65.0 Å². The number of nitrogens with zero attached hydrogens (tertiary/aromatic N) is 3. The number of piperazine rings is 1. The lowest BCUT2D eigenvalue weighted by atomic mass is 10.1. The SMILES string of the molecule is Cc1[nH]c(-c2ccccc2)nc1C(C)N1CC[N+](Cc2ccccc2)(c2ccc(Cl)cc2)CC1.Cl.Cl.Cl. The molecule has 1 N–H and O–H groups in total. The summed E-state index contributed by atoms with van der Waals surface area (Å²) in [4.78, 5) is 11.1. The molecule has 0 amide bonds. The van der Waals surface area contributed by atoms with E-state index >= 15 is 0 Å². The van der Waals surface area contributed by atoms with Crippen LogP contribution in [0.2, 0.25) is 5.02 Å². The number of hydrogen-bond donors (Lipinski definition) is 1. The van der Waals surface area contributed by atoms with Crippen molar-refractivity contribution in [2.75, 3.05) is 26.2 Å². The molecule has 0 bridgehead atoms. The largest absolute Gasteiger partial charge is 0.342 e. The third-order valence-corrected chi connectivity index (χ3v) is 7.50. The maximum Gasteiger partial charge on any atom is 0.137 e. The van der Waals surface area contributed by atoms with Crippen molar-refractivity contribution in [1.82, 2.24) is 19.4 Å². The van der Waals surface area contributed by atoms with Gasteiger partial charge in [-0.15, -0.1) is 37.2 Å². The number of aromatic amines is 1. The van der Waals surface area contributed by atoms with Crippen molar-refractivity contribution in [2.45, 2.75) is 26.4 Å². The van der Waals surface area contributed by atoms with Crippen molar-refractivity contribution in [3.05, 3.63) is 107 Å². The third kappa shape index (κ3) is 6.88. The first-order valence-corrected chi connectivity index (χ1v) is 12.4. The highest BCUT2D eigenvalue weighted by molar-refractivity contribution is 6.30. The van der Waals surface area contributed by atoms with E-state index in [2.05, 4.69) is 90.5 Å². The maximum atomic E-state index is 6.22. The molecule has 1 unspecified atom stereocenters. The topological polar surface area (TPSA) is 31.9 Å². The Morgan fingerprint density at radius 1 is 0.865 bits per heavy atom. The van der Waals surface area contributed by atoms with E-state index in [1.165, 1.54) is 11.3 Å². The Hall–Kier alpha value is -2.05. The minimum atomic E-state index is 0. The van der Waals surface area contributed by atoms with Gasteiger partial charge in [0.25, 0.3) is 0 Å². The fourth-order valence-electron chi connectivity index (χ4n) is 5.23. The van der Waals surface area contributed by atoms with Gasteiger partial charge in [-0.25, -0.2) is 4.98 Å². The number of imidazole rings is 1. The van der Waals surface area contributed by atoms with E-state index in [1.807, 2.05) is 18.2 Å². The van der Waals surface area contributed by atoms with Crippen molar-refractivity contribution in [3.8, 4) is 11.4 Å². The molecule has 1 aromatic heterocycles. The minimum Gasteiger partial charge on any atom is -0.342 e. The lowest BCUT2D eigenvalue weighted by Crippen LogP contribution is -2.60. The molecule has 1 atom stereocenters. The van der Waals surface area contributed by atoms with Crippen LogP contribution in [0.3, 0.4) is 0 Å². The Kier molecular flexibility index (Phi) is 11.5. The summed E-state index contributed by atoms with van der Waals surface area (Å²) in [6.07, 6.45) is 0. The zero-order valence-electron chi connectivity index (χ0n) is 21.1. The van der Waals surface area contributed by atoms with Gasteiger partial charge in [-0.05, 0) is 26.0 Å². The van der Waals surface area contributed by atoms with E-state index < -0.39 is 0 Å². The molecule has 4 aromatic rings. The zero-order valence-corrected chi connectivity index (χ0v) is 24.3. The molecule has 0 aliphatic carbocycles. The number of rotatable bonds is 6. The molecule has 0 saturated carbocycles. The predicted molar refractivity (Wildman–Crippen MR) is 164 cm³/mol. The molecule has 0 radical (unpaired) electrons. The zero-order chi connectivity index (χ0) is 23.5. The van der Waals surface area contributed by atoms with Crippen LogP contribution in [0.15, 0.2) is 84.9 Å². The number of nitrogens with one attached hydrogen (secondary N) is 1. The Labute approximate surface area is 243 Å². The van der Waals surface area contributed by atoms with E-state index in [1.54, 1.807) is 0 Å². The van der Waals surface area contributed by atoms with Crippen LogP contribution in [-0.2, 0) is 6.54 Å². The number of aryl methyl sites for hydroxylation is 1. The van der Waals surface area contributed by atoms with Crippen molar-refractivity contribution < 1.29 is 0 Å². The van der Waals surface area contributed by atoms with Gasteiger partial charge in [-0.3, -0.25) is 9.38 Å². The second-order valence-corrected chi connectivity index (χ2v) is 9.82. The van der Waals surface area contributed by atoms with Gasteiger partial charge in [0.05, 0.1) is 24.8 Å². The van der Waals surface area contributed by atoms with Crippen molar-refractivity contribution in [1.29, 1.82) is 0 Å². The fourth-order valence-corrected chi connectivity index (χ4v) is 5.36. The standard InChI is InChI=1S/C29H32ClN4.3ClH/c1-22-28(32-29(31-22)25-11-7-4-8-12-25)23(2)33-17-19-34(20-18-33,21-24-9-5-3-6-10-24)27-15-13-26(30)14-16-27;;;/h3-16,23H,17-21H2,1-2H3,(H,31,32);3*1H/q+1;;;. The fraction of sp³-hybridized carbons (Fsp3) is 0.276. The first kappa shape index (κ1) is 31.2. The van der Waals surface area contributed by atoms with Gasteiger partial charge < -0.3 is 4.98 Å². The van der Waals surface area contributed by atoms with Crippen LogP contribution in [0, 0.1) is 6.92 Å². The molecule has 1 aliphatic heterocycles. The summed E-state index contributed by atoms with van der Waals surface area (Å²) in [7, 11) is 0. The molecule has 37 heavy (non-hydrogen) atoms. The maximum absolute atomic E-state index is 6.22. The molecular formula is C29H35Cl4N4+. The summed E-state index contributed by atoms with van der Waals surface area (Å²) in [6, 6.07) is 29.9. The lowest BCUT2D eigenvalue weighted by molar-refractivity contribution is 0.0988. The Balaban J connectivity index is 0.00000160. The van der Waals surface area contributed by atoms with Crippen LogP contribution in [0.4, 0.5) is 5.69 Å². The van der Waals surface area contributed by atoms with Gasteiger partial charge in [0, 0.05) is 47.1 Å². The summed E-state index contributed by atoms with van der Waals surface area (Å²) in [5, 5.41) is 0.789. The quantitative estimate of drug-likeness (QED) is 0.235. The highest BCUT2D eigenvalue weighted by Gasteiger charge is 2.37. The Morgan fingerprint density at radius 3 is 2.03 bits per heavy atom. The highest BCUT2D eigenvalue weighted by atomic mass is 35.5. The molecule has 2 heterocycles. The number of H-pyrrole nitrogens is 1. The molecule has 1 aliphatic rings. The smallest absolute Gasteiger partial charge is 0.137 e. The monoisotopic (exact) mass is 579 g/mol. The molecular weight excluding hydrogens is 546 g/mol. The first-order valence-electron chi connectivity index (χ1n) is 12.1. The van der Waals surface area contributed by atoms with Crippen LogP contribution in [0.25, 0.3) is 11.4 Å². The second kappa shape index (κ2) is 13.7. The van der Waals surface area contributed by atoms with Crippen LogP contribution >= 0.6 is 48.8 Å². The van der Waals surface area contributed by atoms with Crippen molar-refractivity contribution in [2.24, 2.45) is 0 Å².